The molecule has 2 aliphatic heterocycles. The molecule has 1 atom stereocenters. The number of carbonyl (C=O) groups excluding carboxylic acids is 1. The number of amides is 1. The molecule has 1 unspecified atom stereocenters. The van der Waals surface area contributed by atoms with Crippen molar-refractivity contribution < 1.29 is 13.2 Å². The molecule has 9 heteroatoms. The van der Waals surface area contributed by atoms with Crippen molar-refractivity contribution in [3.05, 3.63) is 40.4 Å². The van der Waals surface area contributed by atoms with Crippen molar-refractivity contribution >= 4 is 32.4 Å². The van der Waals surface area contributed by atoms with Gasteiger partial charge >= 0.3 is 0 Å². The molecule has 3 heterocycles. The number of aromatic nitrogens is 1. The highest BCUT2D eigenvalue weighted by molar-refractivity contribution is 7.89. The number of nitrogens with zero attached hydrogens (tertiary/aromatic N) is 3. The molecule has 0 spiro atoms. The molecule has 1 saturated heterocycles. The summed E-state index contributed by atoms with van der Waals surface area (Å²) in [4.78, 5) is 21.0. The predicted octanol–water partition coefficient (Wildman–Crippen LogP) is 2.23. The summed E-state index contributed by atoms with van der Waals surface area (Å²) < 4.78 is 27.4. The molecule has 150 valence electrons. The highest BCUT2D eigenvalue weighted by atomic mass is 32.2. The van der Waals surface area contributed by atoms with Crippen LogP contribution in [0.25, 0.3) is 0 Å². The van der Waals surface area contributed by atoms with Gasteiger partial charge in [0.1, 0.15) is 6.04 Å². The lowest BCUT2D eigenvalue weighted by atomic mass is 10.2. The number of nitrogens with one attached hydrogen (secondary N) is 1. The molecule has 4 rings (SSSR count). The predicted molar refractivity (Wildman–Crippen MR) is 109 cm³/mol. The fraction of sp³-hybridized carbons (Fsp3) is 0.474. The van der Waals surface area contributed by atoms with Crippen molar-refractivity contribution in [2.24, 2.45) is 0 Å². The lowest BCUT2D eigenvalue weighted by molar-refractivity contribution is -0.119. The fourth-order valence-corrected chi connectivity index (χ4v) is 6.45. The number of benzene rings is 1. The van der Waals surface area contributed by atoms with Crippen LogP contribution in [0.3, 0.4) is 0 Å². The van der Waals surface area contributed by atoms with Crippen molar-refractivity contribution in [3.63, 3.8) is 0 Å². The minimum Gasteiger partial charge on any atom is -0.301 e. The van der Waals surface area contributed by atoms with E-state index < -0.39 is 16.1 Å². The fourth-order valence-electron chi connectivity index (χ4n) is 3.70. The molecule has 0 aliphatic carbocycles. The Kier molecular flexibility index (Phi) is 5.26. The van der Waals surface area contributed by atoms with Gasteiger partial charge < -0.3 is 10.2 Å². The van der Waals surface area contributed by atoms with Crippen molar-refractivity contribution in [1.29, 1.82) is 0 Å². The standard InChI is InChI=1S/C19H24N4O3S2/c1-13-5-7-14(8-6-13)28(25,26)23-10-3-4-16(23)18(24)21-19-20-15-9-11-22(2)12-17(15)27-19/h5-8,16H,3-4,9-12H2,1-2H3,(H,20,21,24). The molecule has 1 aromatic heterocycles. The maximum atomic E-state index is 13.0. The first-order valence-electron chi connectivity index (χ1n) is 9.41. The van der Waals surface area contributed by atoms with Crippen LogP contribution in [0.5, 0.6) is 0 Å². The molecular formula is C19H24N4O3S2. The second-order valence-electron chi connectivity index (χ2n) is 7.45. The number of likely N-dealkylation sites (N-methyl/N-ethyl adjacent to an activating group) is 1. The number of carbonyl (C=O) groups is 1. The zero-order valence-electron chi connectivity index (χ0n) is 16.0. The van der Waals surface area contributed by atoms with E-state index in [0.29, 0.717) is 24.5 Å². The smallest absolute Gasteiger partial charge is 0.244 e. The van der Waals surface area contributed by atoms with Crippen molar-refractivity contribution in [3.8, 4) is 0 Å². The molecule has 1 amide bonds. The van der Waals surface area contributed by atoms with Crippen LogP contribution < -0.4 is 5.32 Å². The molecule has 28 heavy (non-hydrogen) atoms. The molecular weight excluding hydrogens is 396 g/mol. The second kappa shape index (κ2) is 7.55. The summed E-state index contributed by atoms with van der Waals surface area (Å²) in [6.07, 6.45) is 2.06. The second-order valence-corrected chi connectivity index (χ2v) is 10.4. The Bertz CT molecular complexity index is 985. The number of fused-ring (bicyclic) bond motifs is 1. The summed E-state index contributed by atoms with van der Waals surface area (Å²) in [5.41, 5.74) is 2.03. The zero-order valence-corrected chi connectivity index (χ0v) is 17.6. The Labute approximate surface area is 169 Å². The van der Waals surface area contributed by atoms with Gasteiger partial charge in [-0.1, -0.05) is 17.7 Å². The van der Waals surface area contributed by atoms with Gasteiger partial charge in [0.25, 0.3) is 0 Å². The summed E-state index contributed by atoms with van der Waals surface area (Å²) in [5, 5.41) is 3.42. The van der Waals surface area contributed by atoms with Crippen molar-refractivity contribution in [2.75, 3.05) is 25.5 Å². The SMILES string of the molecule is Cc1ccc(S(=O)(=O)N2CCCC2C(=O)Nc2nc3c(s2)CN(C)CC3)cc1. The van der Waals surface area contributed by atoms with Crippen LogP contribution in [0, 0.1) is 6.92 Å². The van der Waals surface area contributed by atoms with E-state index in [2.05, 4.69) is 22.2 Å². The van der Waals surface area contributed by atoms with Gasteiger partial charge in [0.05, 0.1) is 10.6 Å². The van der Waals surface area contributed by atoms with Crippen LogP contribution in [0.15, 0.2) is 29.2 Å². The summed E-state index contributed by atoms with van der Waals surface area (Å²) in [5.74, 6) is -0.298. The van der Waals surface area contributed by atoms with E-state index in [9.17, 15) is 13.2 Å². The van der Waals surface area contributed by atoms with Gasteiger partial charge in [-0.15, -0.1) is 11.3 Å². The Hall–Kier alpha value is -1.81. The molecule has 0 saturated carbocycles. The lowest BCUT2D eigenvalue weighted by Gasteiger charge is -2.23. The summed E-state index contributed by atoms with van der Waals surface area (Å²) in [6.45, 7) is 4.05. The van der Waals surface area contributed by atoms with E-state index in [1.807, 2.05) is 6.92 Å². The molecule has 2 aliphatic rings. The van der Waals surface area contributed by atoms with E-state index in [0.717, 1.165) is 30.8 Å². The normalized spacial score (nSPS) is 20.9. The highest BCUT2D eigenvalue weighted by Crippen LogP contribution is 2.30. The number of thiazole rings is 1. The Balaban J connectivity index is 1.52. The number of aryl methyl sites for hydroxylation is 1. The molecule has 0 bridgehead atoms. The van der Waals surface area contributed by atoms with Crippen LogP contribution in [0.4, 0.5) is 5.13 Å². The maximum Gasteiger partial charge on any atom is 0.244 e. The van der Waals surface area contributed by atoms with Crippen LogP contribution in [0.1, 0.15) is 29.0 Å². The zero-order chi connectivity index (χ0) is 19.9. The van der Waals surface area contributed by atoms with Gasteiger partial charge in [-0.25, -0.2) is 13.4 Å². The number of rotatable bonds is 4. The van der Waals surface area contributed by atoms with Gasteiger partial charge in [0, 0.05) is 30.9 Å². The van der Waals surface area contributed by atoms with Gasteiger partial charge in [-0.05, 0) is 38.9 Å². The molecule has 1 N–H and O–H groups in total. The van der Waals surface area contributed by atoms with Gasteiger partial charge in [0.15, 0.2) is 5.13 Å². The molecule has 1 fully saturated rings. The number of anilines is 1. The molecule has 1 aromatic carbocycles. The van der Waals surface area contributed by atoms with Gasteiger partial charge in [-0.2, -0.15) is 4.31 Å². The summed E-state index contributed by atoms with van der Waals surface area (Å²) in [7, 11) is -1.64. The Morgan fingerprint density at radius 3 is 2.75 bits per heavy atom. The van der Waals surface area contributed by atoms with Gasteiger partial charge in [-0.3, -0.25) is 4.79 Å². The minimum atomic E-state index is -3.70. The van der Waals surface area contributed by atoms with E-state index in [1.54, 1.807) is 24.3 Å². The molecule has 2 aromatic rings. The first-order valence-corrected chi connectivity index (χ1v) is 11.7. The van der Waals surface area contributed by atoms with Gasteiger partial charge in [0.2, 0.25) is 15.9 Å². The van der Waals surface area contributed by atoms with Crippen LogP contribution in [-0.4, -0.2) is 54.7 Å². The molecule has 0 radical (unpaired) electrons. The third kappa shape index (κ3) is 3.71. The number of hydrogen-bond acceptors (Lipinski definition) is 6. The topological polar surface area (TPSA) is 82.6 Å². The van der Waals surface area contributed by atoms with Crippen LogP contribution >= 0.6 is 11.3 Å². The largest absolute Gasteiger partial charge is 0.301 e. The average Bonchev–Trinajstić information content (AvgIpc) is 3.28. The quantitative estimate of drug-likeness (QED) is 0.820. The van der Waals surface area contributed by atoms with Crippen molar-refractivity contribution in [1.82, 2.24) is 14.2 Å². The average molecular weight is 421 g/mol. The third-order valence-electron chi connectivity index (χ3n) is 5.29. The maximum absolute atomic E-state index is 13.0. The summed E-state index contributed by atoms with van der Waals surface area (Å²) in [6, 6.07) is 6.05. The summed E-state index contributed by atoms with van der Waals surface area (Å²) >= 11 is 1.48. The Morgan fingerprint density at radius 2 is 2.00 bits per heavy atom. The first-order chi connectivity index (χ1) is 13.3. The van der Waals surface area contributed by atoms with E-state index in [4.69, 9.17) is 0 Å². The van der Waals surface area contributed by atoms with Crippen molar-refractivity contribution in [2.45, 2.75) is 43.7 Å². The van der Waals surface area contributed by atoms with E-state index in [-0.39, 0.29) is 10.8 Å². The van der Waals surface area contributed by atoms with E-state index in [1.165, 1.54) is 20.5 Å². The lowest BCUT2D eigenvalue weighted by Crippen LogP contribution is -2.43. The monoisotopic (exact) mass is 420 g/mol. The first kappa shape index (κ1) is 19.5. The highest BCUT2D eigenvalue weighted by Gasteiger charge is 2.39. The molecule has 7 nitrogen and oxygen atoms in total. The number of hydrogen-bond donors (Lipinski definition) is 1. The third-order valence-corrected chi connectivity index (χ3v) is 8.21. The Morgan fingerprint density at radius 1 is 1.25 bits per heavy atom. The van der Waals surface area contributed by atoms with Crippen LogP contribution in [0.2, 0.25) is 0 Å². The van der Waals surface area contributed by atoms with E-state index >= 15 is 0 Å². The minimum absolute atomic E-state index is 0.227. The van der Waals surface area contributed by atoms with Crippen LogP contribution in [-0.2, 0) is 27.8 Å². The number of sulfonamides is 1.